The van der Waals surface area contributed by atoms with Crippen molar-refractivity contribution in [2.45, 2.75) is 32.2 Å². The molecule has 0 amide bonds. The number of rotatable bonds is 4. The number of likely N-dealkylation sites (N-methyl/N-ethyl adjacent to an activating group) is 1. The van der Waals surface area contributed by atoms with Gasteiger partial charge in [-0.05, 0) is 32.2 Å². The van der Waals surface area contributed by atoms with Crippen molar-refractivity contribution >= 4 is 0 Å². The highest BCUT2D eigenvalue weighted by atomic mass is 14.9. The van der Waals surface area contributed by atoms with E-state index in [0.717, 1.165) is 5.92 Å². The molecule has 0 spiro atoms. The van der Waals surface area contributed by atoms with E-state index in [1.54, 1.807) is 0 Å². The van der Waals surface area contributed by atoms with E-state index in [0.29, 0.717) is 6.04 Å². The van der Waals surface area contributed by atoms with Crippen molar-refractivity contribution in [2.24, 2.45) is 5.92 Å². The van der Waals surface area contributed by atoms with Crippen LogP contribution in [0.25, 0.3) is 0 Å². The first-order chi connectivity index (χ1) is 4.79. The first-order valence-electron chi connectivity index (χ1n) is 4.15. The molecule has 0 saturated heterocycles. The van der Waals surface area contributed by atoms with Crippen LogP contribution in [0.1, 0.15) is 26.2 Å². The van der Waals surface area contributed by atoms with E-state index in [4.69, 9.17) is 0 Å². The van der Waals surface area contributed by atoms with Gasteiger partial charge in [-0.25, -0.2) is 0 Å². The number of hydrogen-bond donors (Lipinski definition) is 1. The molecule has 0 aliphatic heterocycles. The average molecular weight is 139 g/mol. The molecule has 0 radical (unpaired) electrons. The summed E-state index contributed by atoms with van der Waals surface area (Å²) in [5.74, 6) is 0.845. The second-order valence-corrected chi connectivity index (χ2v) is 3.10. The summed E-state index contributed by atoms with van der Waals surface area (Å²) in [6.07, 6.45) is 3.92. The van der Waals surface area contributed by atoms with Gasteiger partial charge in [0.05, 0.1) is 0 Å². The lowest BCUT2D eigenvalue weighted by molar-refractivity contribution is 0.591. The maximum Gasteiger partial charge on any atom is 0.0274 e. The summed E-state index contributed by atoms with van der Waals surface area (Å²) >= 11 is 0. The Bertz CT molecular complexity index is 121. The van der Waals surface area contributed by atoms with E-state index < -0.39 is 0 Å². The van der Waals surface area contributed by atoms with Crippen molar-refractivity contribution < 1.29 is 0 Å². The zero-order valence-electron chi connectivity index (χ0n) is 6.98. The van der Waals surface area contributed by atoms with E-state index in [1.165, 1.54) is 24.8 Å². The van der Waals surface area contributed by atoms with Gasteiger partial charge in [0, 0.05) is 6.04 Å². The first-order valence-corrected chi connectivity index (χ1v) is 4.15. The smallest absolute Gasteiger partial charge is 0.0274 e. The van der Waals surface area contributed by atoms with Crippen LogP contribution in [-0.2, 0) is 0 Å². The zero-order chi connectivity index (χ0) is 7.56. The van der Waals surface area contributed by atoms with Crippen LogP contribution in [0.3, 0.4) is 0 Å². The van der Waals surface area contributed by atoms with Gasteiger partial charge in [0.2, 0.25) is 0 Å². The Morgan fingerprint density at radius 2 is 2.30 bits per heavy atom. The van der Waals surface area contributed by atoms with Gasteiger partial charge in [0.15, 0.2) is 0 Å². The largest absolute Gasteiger partial charge is 0.313 e. The van der Waals surface area contributed by atoms with Gasteiger partial charge in [0.25, 0.3) is 0 Å². The predicted octanol–water partition coefficient (Wildman–Crippen LogP) is 1.95. The van der Waals surface area contributed by atoms with Gasteiger partial charge in [-0.3, -0.25) is 0 Å². The number of hydrogen-bond acceptors (Lipinski definition) is 1. The molecule has 0 heterocycles. The normalized spacial score (nSPS) is 20.6. The molecular weight excluding hydrogens is 122 g/mol. The lowest BCUT2D eigenvalue weighted by Gasteiger charge is -2.15. The Kier molecular flexibility index (Phi) is 2.50. The van der Waals surface area contributed by atoms with Gasteiger partial charge in [-0.1, -0.05) is 19.1 Å². The molecule has 0 bridgehead atoms. The van der Waals surface area contributed by atoms with Crippen LogP contribution in [0.15, 0.2) is 12.2 Å². The molecule has 1 atom stereocenters. The summed E-state index contributed by atoms with van der Waals surface area (Å²) in [7, 11) is 2.02. The monoisotopic (exact) mass is 139 g/mol. The second-order valence-electron chi connectivity index (χ2n) is 3.10. The molecular formula is C9H17N. The average Bonchev–Trinajstić information content (AvgIpc) is 2.71. The molecule has 58 valence electrons. The third kappa shape index (κ3) is 1.60. The van der Waals surface area contributed by atoms with Gasteiger partial charge < -0.3 is 5.32 Å². The third-order valence-electron chi connectivity index (χ3n) is 2.31. The van der Waals surface area contributed by atoms with E-state index in [2.05, 4.69) is 18.8 Å². The van der Waals surface area contributed by atoms with Crippen LogP contribution < -0.4 is 5.32 Å². The van der Waals surface area contributed by atoms with Crippen molar-refractivity contribution in [3.8, 4) is 0 Å². The maximum absolute atomic E-state index is 4.10. The molecule has 1 saturated carbocycles. The fraction of sp³-hybridized carbons (Fsp3) is 0.778. The Hall–Kier alpha value is -0.300. The lowest BCUT2D eigenvalue weighted by Crippen LogP contribution is -2.26. The van der Waals surface area contributed by atoms with Crippen LogP contribution in [0.4, 0.5) is 0 Å². The van der Waals surface area contributed by atoms with Gasteiger partial charge in [0.1, 0.15) is 0 Å². The predicted molar refractivity (Wildman–Crippen MR) is 45.0 cm³/mol. The van der Waals surface area contributed by atoms with Crippen LogP contribution in [0.5, 0.6) is 0 Å². The molecule has 0 unspecified atom stereocenters. The molecule has 1 fully saturated rings. The van der Waals surface area contributed by atoms with Crippen LogP contribution in [0, 0.1) is 5.92 Å². The van der Waals surface area contributed by atoms with Crippen molar-refractivity contribution in [1.29, 1.82) is 0 Å². The highest BCUT2D eigenvalue weighted by Crippen LogP contribution is 2.37. The fourth-order valence-electron chi connectivity index (χ4n) is 1.39. The standard InChI is InChI=1S/C9H17N/c1-4-9(10-3)7(2)8-5-6-8/h8-10H,2,4-6H2,1,3H3/t9-/m1/s1. The van der Waals surface area contributed by atoms with Gasteiger partial charge in [-0.15, -0.1) is 0 Å². The fourth-order valence-corrected chi connectivity index (χ4v) is 1.39. The molecule has 0 aromatic rings. The number of nitrogens with one attached hydrogen (secondary N) is 1. The Balaban J connectivity index is 2.35. The molecule has 1 aliphatic carbocycles. The molecule has 0 aromatic carbocycles. The van der Waals surface area contributed by atoms with Crippen molar-refractivity contribution in [3.63, 3.8) is 0 Å². The molecule has 1 rings (SSSR count). The van der Waals surface area contributed by atoms with Crippen molar-refractivity contribution in [3.05, 3.63) is 12.2 Å². The van der Waals surface area contributed by atoms with Crippen molar-refractivity contribution in [1.82, 2.24) is 5.32 Å². The summed E-state index contributed by atoms with van der Waals surface area (Å²) in [5, 5.41) is 3.27. The summed E-state index contributed by atoms with van der Waals surface area (Å²) < 4.78 is 0. The highest BCUT2D eigenvalue weighted by molar-refractivity contribution is 5.14. The molecule has 1 heteroatoms. The second kappa shape index (κ2) is 3.20. The van der Waals surface area contributed by atoms with Gasteiger partial charge >= 0.3 is 0 Å². The lowest BCUT2D eigenvalue weighted by atomic mass is 10.0. The summed E-state index contributed by atoms with van der Waals surface area (Å²) in [5.41, 5.74) is 1.42. The third-order valence-corrected chi connectivity index (χ3v) is 2.31. The molecule has 1 nitrogen and oxygen atoms in total. The van der Waals surface area contributed by atoms with E-state index in [1.807, 2.05) is 7.05 Å². The molecule has 1 aliphatic rings. The quantitative estimate of drug-likeness (QED) is 0.587. The minimum atomic E-state index is 0.562. The zero-order valence-corrected chi connectivity index (χ0v) is 6.98. The Morgan fingerprint density at radius 1 is 1.70 bits per heavy atom. The molecule has 10 heavy (non-hydrogen) atoms. The highest BCUT2D eigenvalue weighted by Gasteiger charge is 2.27. The molecule has 1 N–H and O–H groups in total. The van der Waals surface area contributed by atoms with Crippen LogP contribution >= 0.6 is 0 Å². The van der Waals surface area contributed by atoms with E-state index in [9.17, 15) is 0 Å². The van der Waals surface area contributed by atoms with E-state index >= 15 is 0 Å². The SMILES string of the molecule is C=C(C1CC1)[C@@H](CC)NC. The minimum absolute atomic E-state index is 0.562. The topological polar surface area (TPSA) is 12.0 Å². The Labute approximate surface area is 63.5 Å². The van der Waals surface area contributed by atoms with Crippen molar-refractivity contribution in [2.75, 3.05) is 7.05 Å². The van der Waals surface area contributed by atoms with E-state index in [-0.39, 0.29) is 0 Å². The van der Waals surface area contributed by atoms with Gasteiger partial charge in [-0.2, -0.15) is 0 Å². The molecule has 0 aromatic heterocycles. The summed E-state index contributed by atoms with van der Waals surface area (Å²) in [6, 6.07) is 0.562. The summed E-state index contributed by atoms with van der Waals surface area (Å²) in [6.45, 7) is 6.30. The maximum atomic E-state index is 4.10. The summed E-state index contributed by atoms with van der Waals surface area (Å²) in [4.78, 5) is 0. The van der Waals surface area contributed by atoms with Crippen LogP contribution in [-0.4, -0.2) is 13.1 Å². The first kappa shape index (κ1) is 7.80. The van der Waals surface area contributed by atoms with Crippen LogP contribution in [0.2, 0.25) is 0 Å². The minimum Gasteiger partial charge on any atom is -0.313 e. The Morgan fingerprint density at radius 3 is 2.60 bits per heavy atom.